The maximum atomic E-state index is 13.2. The number of carbonyl (C=O) groups is 1. The maximum Gasteiger partial charge on any atom is 0.416 e. The second kappa shape index (κ2) is 9.44. The number of non-ortho nitro benzene ring substituents is 1. The van der Waals surface area contributed by atoms with Gasteiger partial charge in [-0.15, -0.1) is 0 Å². The van der Waals surface area contributed by atoms with E-state index in [9.17, 15) is 36.5 Å². The topological polar surface area (TPSA) is 155 Å². The second-order valence-corrected chi connectivity index (χ2v) is 8.91. The number of hydrogen-bond donors (Lipinski definition) is 2. The van der Waals surface area contributed by atoms with Gasteiger partial charge in [0, 0.05) is 17.7 Å². The maximum absolute atomic E-state index is 13.2. The molecule has 15 heteroatoms. The molecule has 3 aromatic carbocycles. The van der Waals surface area contributed by atoms with Crippen molar-refractivity contribution in [3.05, 3.63) is 94.0 Å². The van der Waals surface area contributed by atoms with Crippen molar-refractivity contribution < 1.29 is 35.9 Å². The van der Waals surface area contributed by atoms with E-state index in [1.54, 1.807) is 0 Å². The number of nitrogens with one attached hydrogen (secondary N) is 1. The van der Waals surface area contributed by atoms with Crippen molar-refractivity contribution in [1.82, 2.24) is 0 Å². The molecule has 0 saturated heterocycles. The van der Waals surface area contributed by atoms with Gasteiger partial charge in [0.05, 0.1) is 26.8 Å². The van der Waals surface area contributed by atoms with Crippen molar-refractivity contribution in [2.24, 2.45) is 10.2 Å². The first-order valence-corrected chi connectivity index (χ1v) is 11.6. The molecule has 2 N–H and O–H groups in total. The number of anilines is 2. The zero-order valence-corrected chi connectivity index (χ0v) is 19.1. The van der Waals surface area contributed by atoms with Crippen LogP contribution in [-0.4, -0.2) is 35.2 Å². The number of nitro groups is 1. The zero-order valence-electron chi connectivity index (χ0n) is 18.2. The lowest BCUT2D eigenvalue weighted by molar-refractivity contribution is -0.384. The number of hydrogen-bond acceptors (Lipinski definition) is 8. The van der Waals surface area contributed by atoms with E-state index in [0.29, 0.717) is 0 Å². The Labute approximate surface area is 206 Å². The Bertz CT molecular complexity index is 1540. The number of nitrogens with zero attached hydrogens (tertiary/aromatic N) is 4. The van der Waals surface area contributed by atoms with E-state index < -0.39 is 32.7 Å². The fourth-order valence-corrected chi connectivity index (χ4v) is 3.70. The summed E-state index contributed by atoms with van der Waals surface area (Å²) in [7, 11) is -4.43. The molecule has 37 heavy (non-hydrogen) atoms. The molecule has 1 amide bonds. The SMILES string of the molecule is O=C1C(=NNc2ccc(S(=O)(=O)O)cc2)C(c2ccc([N+](=O)[O-])cc2)=NN1c1ccc(C(F)(F)F)cc1. The predicted octanol–water partition coefficient (Wildman–Crippen LogP) is 4.08. The van der Waals surface area contributed by atoms with Gasteiger partial charge in [0.1, 0.15) is 5.71 Å². The number of halogens is 3. The summed E-state index contributed by atoms with van der Waals surface area (Å²) in [5.74, 6) is -0.810. The summed E-state index contributed by atoms with van der Waals surface area (Å²) in [6.45, 7) is 0. The summed E-state index contributed by atoms with van der Waals surface area (Å²) in [6.07, 6.45) is -4.58. The molecule has 1 aliphatic rings. The molecule has 0 radical (unpaired) electrons. The molecule has 0 spiro atoms. The Morgan fingerprint density at radius 2 is 1.57 bits per heavy atom. The van der Waals surface area contributed by atoms with Gasteiger partial charge >= 0.3 is 12.1 Å². The van der Waals surface area contributed by atoms with Crippen molar-refractivity contribution >= 4 is 44.5 Å². The molecule has 0 fully saturated rings. The Hall–Kier alpha value is -4.63. The highest BCUT2D eigenvalue weighted by atomic mass is 32.2. The minimum atomic E-state index is -4.58. The lowest BCUT2D eigenvalue weighted by Crippen LogP contribution is -2.28. The van der Waals surface area contributed by atoms with Crippen LogP contribution in [0, 0.1) is 10.1 Å². The van der Waals surface area contributed by atoms with Crippen LogP contribution in [0.5, 0.6) is 0 Å². The second-order valence-electron chi connectivity index (χ2n) is 7.49. The normalized spacial score (nSPS) is 15.1. The third-order valence-electron chi connectivity index (χ3n) is 5.06. The van der Waals surface area contributed by atoms with E-state index in [-0.39, 0.29) is 38.9 Å². The standard InChI is InChI=1S/C22H14F3N5O6S/c23-22(24,25)14-3-9-16(10-4-14)29-21(31)20(19(28-29)13-1-7-17(8-2-13)30(32)33)27-26-15-5-11-18(12-6-15)37(34,35)36/h1-12,26H,(H,34,35,36). The highest BCUT2D eigenvalue weighted by Gasteiger charge is 2.35. The quantitative estimate of drug-likeness (QED) is 0.275. The van der Waals surface area contributed by atoms with E-state index in [1.165, 1.54) is 36.4 Å². The van der Waals surface area contributed by atoms with Gasteiger partial charge in [0.25, 0.3) is 15.8 Å². The van der Waals surface area contributed by atoms with Crippen molar-refractivity contribution in [2.75, 3.05) is 10.4 Å². The molecule has 1 heterocycles. The van der Waals surface area contributed by atoms with Crippen LogP contribution in [0.3, 0.4) is 0 Å². The third-order valence-corrected chi connectivity index (χ3v) is 5.93. The van der Waals surface area contributed by atoms with Gasteiger partial charge in [-0.3, -0.25) is 24.9 Å². The van der Waals surface area contributed by atoms with Crippen LogP contribution in [0.4, 0.5) is 30.2 Å². The molecule has 0 saturated carbocycles. The smallest absolute Gasteiger partial charge is 0.282 e. The summed E-state index contributed by atoms with van der Waals surface area (Å²) < 4.78 is 70.3. The van der Waals surface area contributed by atoms with Crippen LogP contribution in [0.2, 0.25) is 0 Å². The first kappa shape index (κ1) is 25.5. The van der Waals surface area contributed by atoms with Crippen LogP contribution in [-0.2, 0) is 21.1 Å². The molecule has 0 bridgehead atoms. The third kappa shape index (κ3) is 5.46. The molecule has 0 atom stereocenters. The lowest BCUT2D eigenvalue weighted by atomic mass is 10.1. The fraction of sp³-hybridized carbons (Fsp3) is 0.0455. The summed E-state index contributed by atoms with van der Waals surface area (Å²) in [5.41, 5.74) is 1.61. The highest BCUT2D eigenvalue weighted by Crippen LogP contribution is 2.31. The summed E-state index contributed by atoms with van der Waals surface area (Å²) >= 11 is 0. The van der Waals surface area contributed by atoms with Crippen LogP contribution >= 0.6 is 0 Å². The number of alkyl halides is 3. The van der Waals surface area contributed by atoms with Crippen molar-refractivity contribution in [1.29, 1.82) is 0 Å². The van der Waals surface area contributed by atoms with Crippen LogP contribution in [0.1, 0.15) is 11.1 Å². The fourth-order valence-electron chi connectivity index (χ4n) is 3.22. The predicted molar refractivity (Wildman–Crippen MR) is 126 cm³/mol. The number of hydrazone groups is 2. The van der Waals surface area contributed by atoms with E-state index in [4.69, 9.17) is 4.55 Å². The molecular weight excluding hydrogens is 519 g/mol. The van der Waals surface area contributed by atoms with Crippen molar-refractivity contribution in [2.45, 2.75) is 11.1 Å². The minimum Gasteiger partial charge on any atom is -0.282 e. The lowest BCUT2D eigenvalue weighted by Gasteiger charge is -2.13. The number of amides is 1. The van der Waals surface area contributed by atoms with Gasteiger partial charge in [-0.05, 0) is 60.7 Å². The molecule has 11 nitrogen and oxygen atoms in total. The molecule has 4 rings (SSSR count). The molecule has 0 aromatic heterocycles. The average molecular weight is 533 g/mol. The Balaban J connectivity index is 1.71. The summed E-state index contributed by atoms with van der Waals surface area (Å²) in [6, 6.07) is 13.4. The minimum absolute atomic E-state index is 0.0140. The first-order valence-electron chi connectivity index (χ1n) is 10.1. The van der Waals surface area contributed by atoms with Crippen molar-refractivity contribution in [3.8, 4) is 0 Å². The van der Waals surface area contributed by atoms with E-state index in [2.05, 4.69) is 15.6 Å². The number of benzene rings is 3. The van der Waals surface area contributed by atoms with Crippen LogP contribution < -0.4 is 10.4 Å². The van der Waals surface area contributed by atoms with E-state index in [1.807, 2.05) is 0 Å². The Morgan fingerprint density at radius 1 is 0.973 bits per heavy atom. The zero-order chi connectivity index (χ0) is 27.0. The number of nitro benzene ring substituents is 1. The Kier molecular flexibility index (Phi) is 6.49. The van der Waals surface area contributed by atoms with Gasteiger partial charge in [0.2, 0.25) is 0 Å². The molecule has 0 unspecified atom stereocenters. The largest absolute Gasteiger partial charge is 0.416 e. The number of rotatable bonds is 6. The molecule has 3 aromatic rings. The average Bonchev–Trinajstić information content (AvgIpc) is 3.18. The van der Waals surface area contributed by atoms with E-state index >= 15 is 0 Å². The van der Waals surface area contributed by atoms with E-state index in [0.717, 1.165) is 41.4 Å². The van der Waals surface area contributed by atoms with Gasteiger partial charge in [-0.1, -0.05) is 0 Å². The molecule has 0 aliphatic carbocycles. The highest BCUT2D eigenvalue weighted by molar-refractivity contribution is 7.85. The monoisotopic (exact) mass is 533 g/mol. The van der Waals surface area contributed by atoms with Gasteiger partial charge in [-0.25, -0.2) is 0 Å². The van der Waals surface area contributed by atoms with Gasteiger partial charge in [-0.2, -0.15) is 36.8 Å². The van der Waals surface area contributed by atoms with Crippen LogP contribution in [0.25, 0.3) is 0 Å². The Morgan fingerprint density at radius 3 is 2.08 bits per heavy atom. The molecular formula is C22H14F3N5O6S. The summed E-state index contributed by atoms with van der Waals surface area (Å²) in [5, 5.41) is 20.0. The van der Waals surface area contributed by atoms with Crippen molar-refractivity contribution in [3.63, 3.8) is 0 Å². The molecule has 1 aliphatic heterocycles. The van der Waals surface area contributed by atoms with Crippen LogP contribution in [0.15, 0.2) is 87.9 Å². The van der Waals surface area contributed by atoms with Gasteiger partial charge in [0.15, 0.2) is 5.71 Å². The number of carbonyl (C=O) groups excluding carboxylic acids is 1. The first-order chi connectivity index (χ1) is 17.3. The van der Waals surface area contributed by atoms with Gasteiger partial charge < -0.3 is 0 Å². The summed E-state index contributed by atoms with van der Waals surface area (Å²) in [4.78, 5) is 23.1. The molecule has 190 valence electrons.